The summed E-state index contributed by atoms with van der Waals surface area (Å²) in [5.74, 6) is 0.498. The first kappa shape index (κ1) is 14.5. The van der Waals surface area contributed by atoms with Crippen molar-refractivity contribution in [2.24, 2.45) is 5.92 Å². The van der Waals surface area contributed by atoms with E-state index in [0.717, 1.165) is 13.1 Å². The first-order chi connectivity index (χ1) is 8.99. The van der Waals surface area contributed by atoms with Crippen LogP contribution < -0.4 is 5.32 Å². The first-order valence-electron chi connectivity index (χ1n) is 7.24. The van der Waals surface area contributed by atoms with Gasteiger partial charge >= 0.3 is 0 Å². The van der Waals surface area contributed by atoms with Crippen molar-refractivity contribution in [1.29, 1.82) is 0 Å². The molecule has 0 aliphatic carbocycles. The van der Waals surface area contributed by atoms with E-state index in [9.17, 15) is 9.59 Å². The molecule has 5 heteroatoms. The molecule has 2 heterocycles. The van der Waals surface area contributed by atoms with E-state index in [-0.39, 0.29) is 17.9 Å². The van der Waals surface area contributed by atoms with Crippen molar-refractivity contribution in [3.05, 3.63) is 0 Å². The summed E-state index contributed by atoms with van der Waals surface area (Å²) in [6.45, 7) is 4.43. The van der Waals surface area contributed by atoms with Crippen LogP contribution in [0.4, 0.5) is 0 Å². The van der Waals surface area contributed by atoms with Crippen LogP contribution in [0, 0.1) is 5.92 Å². The fourth-order valence-corrected chi connectivity index (χ4v) is 3.05. The van der Waals surface area contributed by atoms with Gasteiger partial charge < -0.3 is 10.2 Å². The summed E-state index contributed by atoms with van der Waals surface area (Å²) in [4.78, 5) is 27.1. The zero-order valence-electron chi connectivity index (χ0n) is 12.2. The highest BCUT2D eigenvalue weighted by Crippen LogP contribution is 2.21. The van der Waals surface area contributed by atoms with Gasteiger partial charge in [-0.1, -0.05) is 0 Å². The van der Waals surface area contributed by atoms with E-state index < -0.39 is 0 Å². The van der Waals surface area contributed by atoms with E-state index in [1.54, 1.807) is 7.05 Å². The lowest BCUT2D eigenvalue weighted by molar-refractivity contribution is -0.148. The Morgan fingerprint density at radius 3 is 2.42 bits per heavy atom. The number of nitrogens with zero attached hydrogens (tertiary/aromatic N) is 2. The van der Waals surface area contributed by atoms with Crippen molar-refractivity contribution in [1.82, 2.24) is 15.1 Å². The van der Waals surface area contributed by atoms with Crippen LogP contribution >= 0.6 is 0 Å². The van der Waals surface area contributed by atoms with Gasteiger partial charge in [0.05, 0.1) is 6.04 Å². The Bertz CT molecular complexity index is 351. The summed E-state index contributed by atoms with van der Waals surface area (Å²) >= 11 is 0. The summed E-state index contributed by atoms with van der Waals surface area (Å²) in [7, 11) is 3.73. The predicted molar refractivity (Wildman–Crippen MR) is 73.6 cm³/mol. The second-order valence-corrected chi connectivity index (χ2v) is 5.98. The fraction of sp³-hybridized carbons (Fsp3) is 0.857. The summed E-state index contributed by atoms with van der Waals surface area (Å²) in [5.41, 5.74) is 0. The number of imide groups is 1. The molecular weight excluding hydrogens is 242 g/mol. The van der Waals surface area contributed by atoms with Gasteiger partial charge in [0.2, 0.25) is 11.8 Å². The SMILES string of the molecule is CC(NC1CCC(=O)N(C)C1=O)C1CCN(C)CC1. The van der Waals surface area contributed by atoms with Crippen LogP contribution in [-0.4, -0.2) is 60.9 Å². The number of carbonyl (C=O) groups excluding carboxylic acids is 2. The molecular formula is C14H25N3O2. The second kappa shape index (κ2) is 6.01. The molecule has 0 aromatic carbocycles. The molecule has 0 aromatic rings. The van der Waals surface area contributed by atoms with E-state index in [0.29, 0.717) is 24.8 Å². The number of amides is 2. The van der Waals surface area contributed by atoms with Gasteiger partial charge in [-0.05, 0) is 52.2 Å². The number of likely N-dealkylation sites (N-methyl/N-ethyl adjacent to an activating group) is 1. The number of likely N-dealkylation sites (tertiary alicyclic amines) is 2. The summed E-state index contributed by atoms with van der Waals surface area (Å²) in [6, 6.07) is 0.154. The van der Waals surface area contributed by atoms with Gasteiger partial charge in [-0.15, -0.1) is 0 Å². The average molecular weight is 267 g/mol. The molecule has 2 amide bonds. The summed E-state index contributed by atoms with van der Waals surface area (Å²) in [6.07, 6.45) is 3.47. The van der Waals surface area contributed by atoms with Gasteiger partial charge in [-0.2, -0.15) is 0 Å². The lowest BCUT2D eigenvalue weighted by atomic mass is 9.89. The Labute approximate surface area is 115 Å². The molecule has 2 atom stereocenters. The minimum absolute atomic E-state index is 0.0602. The topological polar surface area (TPSA) is 52.7 Å². The Kier molecular flexibility index (Phi) is 4.58. The van der Waals surface area contributed by atoms with Gasteiger partial charge in [-0.25, -0.2) is 0 Å². The molecule has 0 aromatic heterocycles. The molecule has 19 heavy (non-hydrogen) atoms. The Morgan fingerprint density at radius 2 is 1.79 bits per heavy atom. The second-order valence-electron chi connectivity index (χ2n) is 5.98. The largest absolute Gasteiger partial charge is 0.306 e. The van der Waals surface area contributed by atoms with E-state index in [1.807, 2.05) is 0 Å². The predicted octanol–water partition coefficient (Wildman–Crippen LogP) is 0.454. The number of hydrogen-bond donors (Lipinski definition) is 1. The molecule has 2 aliphatic rings. The zero-order valence-corrected chi connectivity index (χ0v) is 12.2. The normalized spacial score (nSPS) is 28.8. The molecule has 0 radical (unpaired) electrons. The average Bonchev–Trinajstić information content (AvgIpc) is 2.40. The Balaban J connectivity index is 1.86. The standard InChI is InChI=1S/C14H25N3O2/c1-10(11-6-8-16(2)9-7-11)15-12-4-5-13(18)17(3)14(12)19/h10-12,15H,4-9H2,1-3H3. The fourth-order valence-electron chi connectivity index (χ4n) is 3.05. The molecule has 1 N–H and O–H groups in total. The van der Waals surface area contributed by atoms with Crippen LogP contribution in [0.5, 0.6) is 0 Å². The van der Waals surface area contributed by atoms with E-state index in [1.165, 1.54) is 17.7 Å². The number of nitrogens with one attached hydrogen (secondary N) is 1. The van der Waals surface area contributed by atoms with Crippen LogP contribution in [0.1, 0.15) is 32.6 Å². The highest BCUT2D eigenvalue weighted by molar-refractivity contribution is 6.00. The number of piperidine rings is 2. The van der Waals surface area contributed by atoms with Gasteiger partial charge in [0.15, 0.2) is 0 Å². The van der Waals surface area contributed by atoms with Crippen LogP contribution in [0.25, 0.3) is 0 Å². The van der Waals surface area contributed by atoms with Crippen LogP contribution in [-0.2, 0) is 9.59 Å². The van der Waals surface area contributed by atoms with Crippen molar-refractivity contribution in [2.45, 2.75) is 44.7 Å². The van der Waals surface area contributed by atoms with Gasteiger partial charge in [0, 0.05) is 19.5 Å². The van der Waals surface area contributed by atoms with Crippen LogP contribution in [0.2, 0.25) is 0 Å². The maximum Gasteiger partial charge on any atom is 0.246 e. The maximum atomic E-state index is 12.0. The minimum Gasteiger partial charge on any atom is -0.306 e. The molecule has 2 unspecified atom stereocenters. The summed E-state index contributed by atoms with van der Waals surface area (Å²) in [5, 5.41) is 3.44. The third kappa shape index (κ3) is 3.34. The molecule has 2 saturated heterocycles. The van der Waals surface area contributed by atoms with Gasteiger partial charge in [0.1, 0.15) is 0 Å². The molecule has 5 nitrogen and oxygen atoms in total. The van der Waals surface area contributed by atoms with Crippen molar-refractivity contribution in [3.63, 3.8) is 0 Å². The van der Waals surface area contributed by atoms with Crippen molar-refractivity contribution in [2.75, 3.05) is 27.2 Å². The Morgan fingerprint density at radius 1 is 1.16 bits per heavy atom. The monoisotopic (exact) mass is 267 g/mol. The van der Waals surface area contributed by atoms with Crippen LogP contribution in [0.15, 0.2) is 0 Å². The quantitative estimate of drug-likeness (QED) is 0.755. The smallest absolute Gasteiger partial charge is 0.246 e. The molecule has 108 valence electrons. The first-order valence-corrected chi connectivity index (χ1v) is 7.24. The highest BCUT2D eigenvalue weighted by atomic mass is 16.2. The van der Waals surface area contributed by atoms with E-state index >= 15 is 0 Å². The molecule has 0 bridgehead atoms. The lowest BCUT2D eigenvalue weighted by Gasteiger charge is -2.36. The van der Waals surface area contributed by atoms with E-state index in [2.05, 4.69) is 24.2 Å². The van der Waals surface area contributed by atoms with Crippen molar-refractivity contribution < 1.29 is 9.59 Å². The van der Waals surface area contributed by atoms with Crippen LogP contribution in [0.3, 0.4) is 0 Å². The molecule has 0 spiro atoms. The molecule has 2 fully saturated rings. The third-order valence-electron chi connectivity index (χ3n) is 4.58. The van der Waals surface area contributed by atoms with Crippen molar-refractivity contribution >= 4 is 11.8 Å². The summed E-state index contributed by atoms with van der Waals surface area (Å²) < 4.78 is 0. The van der Waals surface area contributed by atoms with Gasteiger partial charge in [-0.3, -0.25) is 14.5 Å². The van der Waals surface area contributed by atoms with Gasteiger partial charge in [0.25, 0.3) is 0 Å². The number of carbonyl (C=O) groups is 2. The highest BCUT2D eigenvalue weighted by Gasteiger charge is 2.33. The molecule has 2 aliphatic heterocycles. The number of rotatable bonds is 3. The zero-order chi connectivity index (χ0) is 14.0. The van der Waals surface area contributed by atoms with Crippen molar-refractivity contribution in [3.8, 4) is 0 Å². The lowest BCUT2D eigenvalue weighted by Crippen LogP contribution is -2.55. The third-order valence-corrected chi connectivity index (χ3v) is 4.58. The Hall–Kier alpha value is -0.940. The van der Waals surface area contributed by atoms with E-state index in [4.69, 9.17) is 0 Å². The minimum atomic E-state index is -0.183. The maximum absolute atomic E-state index is 12.0. The number of hydrogen-bond acceptors (Lipinski definition) is 4. The molecule has 2 rings (SSSR count). The molecule has 0 saturated carbocycles.